The molecule has 0 fully saturated rings. The van der Waals surface area contributed by atoms with E-state index in [1.807, 2.05) is 0 Å². The molecule has 0 amide bonds. The number of halogens is 1. The molecule has 0 atom stereocenters. The zero-order chi connectivity index (χ0) is 16.0. The number of anilines is 2. The predicted octanol–water partition coefficient (Wildman–Crippen LogP) is 3.23. The van der Waals surface area contributed by atoms with Gasteiger partial charge in [0.05, 0.1) is 11.1 Å². The Balaban J connectivity index is 1.83. The Morgan fingerprint density at radius 2 is 2.22 bits per heavy atom. The van der Waals surface area contributed by atoms with Crippen LogP contribution in [0.3, 0.4) is 0 Å². The van der Waals surface area contributed by atoms with Gasteiger partial charge in [-0.05, 0) is 37.1 Å². The van der Waals surface area contributed by atoms with E-state index in [9.17, 15) is 9.50 Å². The fourth-order valence-electron chi connectivity index (χ4n) is 2.84. The van der Waals surface area contributed by atoms with Gasteiger partial charge in [-0.3, -0.25) is 0 Å². The zero-order valence-corrected chi connectivity index (χ0v) is 13.3. The highest BCUT2D eigenvalue weighted by atomic mass is 32.1. The Labute approximate surface area is 136 Å². The minimum atomic E-state index is -0.419. The average Bonchev–Trinajstić information content (AvgIpc) is 2.92. The molecule has 0 saturated heterocycles. The molecule has 1 aromatic carbocycles. The quantitative estimate of drug-likeness (QED) is 0.673. The number of nitrogens with one attached hydrogen (secondary N) is 2. The number of phenols is 1. The van der Waals surface area contributed by atoms with Crippen LogP contribution in [0.25, 0.3) is 10.2 Å². The highest BCUT2D eigenvalue weighted by Crippen LogP contribution is 2.37. The predicted molar refractivity (Wildman–Crippen MR) is 88.9 cm³/mol. The van der Waals surface area contributed by atoms with Crippen LogP contribution in [0.5, 0.6) is 5.75 Å². The number of aromatic hydroxyl groups is 1. The number of rotatable bonds is 2. The minimum Gasteiger partial charge on any atom is -0.508 e. The van der Waals surface area contributed by atoms with E-state index >= 15 is 0 Å². The van der Waals surface area contributed by atoms with Crippen molar-refractivity contribution in [3.05, 3.63) is 40.3 Å². The first-order valence-corrected chi connectivity index (χ1v) is 8.17. The van der Waals surface area contributed by atoms with Crippen LogP contribution in [0.4, 0.5) is 15.9 Å². The Kier molecular flexibility index (Phi) is 3.39. The molecule has 3 aromatic rings. The third-order valence-corrected chi connectivity index (χ3v) is 5.19. The van der Waals surface area contributed by atoms with Gasteiger partial charge in [0.15, 0.2) is 0 Å². The van der Waals surface area contributed by atoms with E-state index in [0.29, 0.717) is 11.4 Å². The van der Waals surface area contributed by atoms with E-state index in [-0.39, 0.29) is 11.4 Å². The molecule has 3 heterocycles. The topological polar surface area (TPSA) is 70.1 Å². The van der Waals surface area contributed by atoms with Crippen molar-refractivity contribution in [3.63, 3.8) is 0 Å². The van der Waals surface area contributed by atoms with Crippen molar-refractivity contribution in [2.45, 2.75) is 19.9 Å². The number of nitrogens with zero attached hydrogens (tertiary/aromatic N) is 2. The maximum atomic E-state index is 14.2. The van der Waals surface area contributed by atoms with Crippen LogP contribution in [0, 0.1) is 12.7 Å². The van der Waals surface area contributed by atoms with E-state index in [1.165, 1.54) is 28.9 Å². The fraction of sp³-hybridized carbons (Fsp3) is 0.250. The van der Waals surface area contributed by atoms with Gasteiger partial charge in [-0.1, -0.05) is 0 Å². The summed E-state index contributed by atoms with van der Waals surface area (Å²) in [5, 5.41) is 17.1. The van der Waals surface area contributed by atoms with Gasteiger partial charge in [0.2, 0.25) is 0 Å². The highest BCUT2D eigenvalue weighted by Gasteiger charge is 2.20. The molecule has 0 bridgehead atoms. The van der Waals surface area contributed by atoms with E-state index < -0.39 is 5.82 Å². The molecule has 23 heavy (non-hydrogen) atoms. The molecule has 4 rings (SSSR count). The molecule has 0 radical (unpaired) electrons. The summed E-state index contributed by atoms with van der Waals surface area (Å²) in [4.78, 5) is 10.8. The molecule has 3 N–H and O–H groups in total. The molecule has 0 aliphatic carbocycles. The van der Waals surface area contributed by atoms with Crippen molar-refractivity contribution in [3.8, 4) is 5.75 Å². The number of aromatic nitrogens is 2. The molecule has 1 aliphatic rings. The Bertz CT molecular complexity index is 909. The Hall–Kier alpha value is -2.25. The van der Waals surface area contributed by atoms with Gasteiger partial charge in [0, 0.05) is 17.5 Å². The lowest BCUT2D eigenvalue weighted by Crippen LogP contribution is -2.22. The summed E-state index contributed by atoms with van der Waals surface area (Å²) in [5.41, 5.74) is 1.94. The van der Waals surface area contributed by atoms with Gasteiger partial charge < -0.3 is 15.7 Å². The van der Waals surface area contributed by atoms with Crippen LogP contribution < -0.4 is 10.6 Å². The number of benzene rings is 1. The van der Waals surface area contributed by atoms with E-state index in [1.54, 1.807) is 18.3 Å². The lowest BCUT2D eigenvalue weighted by molar-refractivity contribution is 0.469. The van der Waals surface area contributed by atoms with Gasteiger partial charge in [-0.25, -0.2) is 14.4 Å². The number of thiophene rings is 1. The SMILES string of the molecule is Cc1cc(F)c(Nc2ncnc3sc4c(c23)CCNC4)cc1O. The largest absolute Gasteiger partial charge is 0.508 e. The molecule has 0 unspecified atom stereocenters. The van der Waals surface area contributed by atoms with Crippen LogP contribution in [-0.4, -0.2) is 21.6 Å². The lowest BCUT2D eigenvalue weighted by atomic mass is 10.1. The van der Waals surface area contributed by atoms with Gasteiger partial charge in [-0.2, -0.15) is 0 Å². The number of fused-ring (bicyclic) bond motifs is 3. The van der Waals surface area contributed by atoms with Crippen molar-refractivity contribution in [2.75, 3.05) is 11.9 Å². The fourth-order valence-corrected chi connectivity index (χ4v) is 4.00. The third-order valence-electron chi connectivity index (χ3n) is 4.05. The van der Waals surface area contributed by atoms with E-state index in [2.05, 4.69) is 20.6 Å². The monoisotopic (exact) mass is 330 g/mol. The maximum Gasteiger partial charge on any atom is 0.147 e. The van der Waals surface area contributed by atoms with Gasteiger partial charge >= 0.3 is 0 Å². The summed E-state index contributed by atoms with van der Waals surface area (Å²) in [7, 11) is 0. The second kappa shape index (κ2) is 5.43. The Morgan fingerprint density at radius 3 is 3.09 bits per heavy atom. The van der Waals surface area contributed by atoms with Crippen molar-refractivity contribution < 1.29 is 9.50 Å². The summed E-state index contributed by atoms with van der Waals surface area (Å²) in [5.74, 6) is 0.213. The standard InChI is InChI=1S/C16H15FN4OS/c1-8-4-10(17)11(5-12(8)22)21-15-14-9-2-3-18-6-13(9)23-16(14)20-7-19-15/h4-5,7,18,22H,2-3,6H2,1H3,(H,19,20,21). The third kappa shape index (κ3) is 2.42. The lowest BCUT2D eigenvalue weighted by Gasteiger charge is -2.14. The minimum absolute atomic E-state index is 0.0516. The van der Waals surface area contributed by atoms with Crippen molar-refractivity contribution in [1.82, 2.24) is 15.3 Å². The molecule has 1 aliphatic heterocycles. The van der Waals surface area contributed by atoms with Crippen LogP contribution in [-0.2, 0) is 13.0 Å². The second-order valence-corrected chi connectivity index (χ2v) is 6.66. The summed E-state index contributed by atoms with van der Waals surface area (Å²) in [6, 6.07) is 2.70. The first kappa shape index (κ1) is 14.3. The van der Waals surface area contributed by atoms with Crippen LogP contribution >= 0.6 is 11.3 Å². The first-order valence-electron chi connectivity index (χ1n) is 7.35. The summed E-state index contributed by atoms with van der Waals surface area (Å²) >= 11 is 1.64. The van der Waals surface area contributed by atoms with Crippen molar-refractivity contribution >= 4 is 33.1 Å². The van der Waals surface area contributed by atoms with Crippen LogP contribution in [0.1, 0.15) is 16.0 Å². The molecule has 2 aromatic heterocycles. The van der Waals surface area contributed by atoms with Crippen molar-refractivity contribution in [1.29, 1.82) is 0 Å². The van der Waals surface area contributed by atoms with E-state index in [4.69, 9.17) is 0 Å². The summed E-state index contributed by atoms with van der Waals surface area (Å²) in [6.45, 7) is 3.40. The van der Waals surface area contributed by atoms with Crippen molar-refractivity contribution in [2.24, 2.45) is 0 Å². The molecule has 7 heteroatoms. The molecular formula is C16H15FN4OS. The smallest absolute Gasteiger partial charge is 0.147 e. The van der Waals surface area contributed by atoms with Crippen LogP contribution in [0.2, 0.25) is 0 Å². The first-order chi connectivity index (χ1) is 11.1. The summed E-state index contributed by atoms with van der Waals surface area (Å²) in [6.07, 6.45) is 2.38. The molecule has 0 spiro atoms. The van der Waals surface area contributed by atoms with E-state index in [0.717, 1.165) is 29.7 Å². The number of hydrogen-bond acceptors (Lipinski definition) is 6. The average molecular weight is 330 g/mol. The molecule has 0 saturated carbocycles. The molecule has 5 nitrogen and oxygen atoms in total. The van der Waals surface area contributed by atoms with Crippen LogP contribution in [0.15, 0.2) is 18.5 Å². The highest BCUT2D eigenvalue weighted by molar-refractivity contribution is 7.19. The second-order valence-electron chi connectivity index (χ2n) is 5.58. The number of phenolic OH excluding ortho intramolecular Hbond substituents is 1. The maximum absolute atomic E-state index is 14.2. The van der Waals surface area contributed by atoms with Gasteiger partial charge in [-0.15, -0.1) is 11.3 Å². The van der Waals surface area contributed by atoms with Gasteiger partial charge in [0.25, 0.3) is 0 Å². The molecular weight excluding hydrogens is 315 g/mol. The Morgan fingerprint density at radius 1 is 1.35 bits per heavy atom. The number of aryl methyl sites for hydroxylation is 1. The molecule has 118 valence electrons. The van der Waals surface area contributed by atoms with Gasteiger partial charge in [0.1, 0.15) is 28.5 Å². The normalized spacial score (nSPS) is 14.0. The number of hydrogen-bond donors (Lipinski definition) is 3. The summed E-state index contributed by atoms with van der Waals surface area (Å²) < 4.78 is 14.2. The zero-order valence-electron chi connectivity index (χ0n) is 12.5.